The third-order valence-electron chi connectivity index (χ3n) is 1.99. The molecule has 0 spiro atoms. The standard InChI is InChI=1S/C7H15NO/c1-6-4-7(2)9-5-8(6)3/h6-7H,4-5H2,1-3H3/t6-,7-/m1/s1. The van der Waals surface area contributed by atoms with E-state index in [0.29, 0.717) is 12.1 Å². The first kappa shape index (κ1) is 7.03. The van der Waals surface area contributed by atoms with Crippen LogP contribution in [0.1, 0.15) is 20.3 Å². The Bertz CT molecular complexity index is 94.9. The van der Waals surface area contributed by atoms with Gasteiger partial charge in [0.25, 0.3) is 0 Å². The quantitative estimate of drug-likeness (QED) is 0.485. The van der Waals surface area contributed by atoms with Crippen LogP contribution >= 0.6 is 0 Å². The lowest BCUT2D eigenvalue weighted by molar-refractivity contribution is -0.0729. The molecule has 0 saturated carbocycles. The maximum absolute atomic E-state index is 5.39. The molecule has 0 radical (unpaired) electrons. The lowest BCUT2D eigenvalue weighted by atomic mass is 10.1. The number of rotatable bonds is 0. The van der Waals surface area contributed by atoms with Crippen molar-refractivity contribution in [1.82, 2.24) is 4.90 Å². The summed E-state index contributed by atoms with van der Waals surface area (Å²) in [7, 11) is 2.09. The second kappa shape index (κ2) is 2.67. The molecule has 1 heterocycles. The lowest BCUT2D eigenvalue weighted by Gasteiger charge is -2.33. The minimum Gasteiger partial charge on any atom is -0.363 e. The first-order chi connectivity index (χ1) is 4.20. The molecule has 2 nitrogen and oxygen atoms in total. The van der Waals surface area contributed by atoms with Gasteiger partial charge in [0.05, 0.1) is 12.8 Å². The molecule has 1 fully saturated rings. The first-order valence-corrected chi connectivity index (χ1v) is 3.52. The van der Waals surface area contributed by atoms with Crippen LogP contribution in [-0.2, 0) is 4.74 Å². The molecule has 0 aromatic heterocycles. The molecule has 1 aliphatic rings. The zero-order valence-corrected chi connectivity index (χ0v) is 6.42. The van der Waals surface area contributed by atoms with Crippen molar-refractivity contribution >= 4 is 0 Å². The van der Waals surface area contributed by atoms with Crippen LogP contribution in [0.4, 0.5) is 0 Å². The van der Waals surface area contributed by atoms with Crippen molar-refractivity contribution in [1.29, 1.82) is 0 Å². The zero-order chi connectivity index (χ0) is 6.85. The van der Waals surface area contributed by atoms with Crippen molar-refractivity contribution in [2.75, 3.05) is 13.8 Å². The molecule has 2 atom stereocenters. The van der Waals surface area contributed by atoms with Crippen molar-refractivity contribution in [3.8, 4) is 0 Å². The van der Waals surface area contributed by atoms with Gasteiger partial charge in [-0.2, -0.15) is 0 Å². The van der Waals surface area contributed by atoms with E-state index in [9.17, 15) is 0 Å². The highest BCUT2D eigenvalue weighted by molar-refractivity contribution is 4.69. The minimum atomic E-state index is 0.455. The molecule has 0 aromatic rings. The van der Waals surface area contributed by atoms with Gasteiger partial charge >= 0.3 is 0 Å². The number of hydrogen-bond acceptors (Lipinski definition) is 2. The fourth-order valence-corrected chi connectivity index (χ4v) is 1.10. The Morgan fingerprint density at radius 3 is 2.56 bits per heavy atom. The van der Waals surface area contributed by atoms with Crippen LogP contribution in [0.25, 0.3) is 0 Å². The van der Waals surface area contributed by atoms with Crippen molar-refractivity contribution in [3.05, 3.63) is 0 Å². The Labute approximate surface area is 56.8 Å². The Hall–Kier alpha value is -0.0800. The highest BCUT2D eigenvalue weighted by atomic mass is 16.5. The summed E-state index contributed by atoms with van der Waals surface area (Å²) in [5.41, 5.74) is 0. The van der Waals surface area contributed by atoms with Gasteiger partial charge in [-0.1, -0.05) is 0 Å². The molecule has 1 saturated heterocycles. The average molecular weight is 129 g/mol. The molecule has 0 aromatic carbocycles. The predicted octanol–water partition coefficient (Wildman–Crippen LogP) is 1.07. The van der Waals surface area contributed by atoms with E-state index in [4.69, 9.17) is 4.74 Å². The average Bonchev–Trinajstić information content (AvgIpc) is 1.80. The second-order valence-electron chi connectivity index (χ2n) is 2.95. The van der Waals surface area contributed by atoms with E-state index in [2.05, 4.69) is 25.8 Å². The minimum absolute atomic E-state index is 0.455. The number of nitrogens with zero attached hydrogens (tertiary/aromatic N) is 1. The second-order valence-corrected chi connectivity index (χ2v) is 2.95. The predicted molar refractivity (Wildman–Crippen MR) is 37.3 cm³/mol. The van der Waals surface area contributed by atoms with Gasteiger partial charge in [0.2, 0.25) is 0 Å². The fourth-order valence-electron chi connectivity index (χ4n) is 1.10. The molecular weight excluding hydrogens is 114 g/mol. The molecule has 1 aliphatic heterocycles. The SMILES string of the molecule is C[C@@H]1C[C@@H](C)N(C)CO1. The van der Waals surface area contributed by atoms with Gasteiger partial charge in [-0.25, -0.2) is 0 Å². The fraction of sp³-hybridized carbons (Fsp3) is 1.00. The Morgan fingerprint density at radius 1 is 1.44 bits per heavy atom. The molecule has 9 heavy (non-hydrogen) atoms. The topological polar surface area (TPSA) is 12.5 Å². The van der Waals surface area contributed by atoms with Crippen LogP contribution in [0, 0.1) is 0 Å². The van der Waals surface area contributed by atoms with Gasteiger partial charge in [-0.05, 0) is 27.3 Å². The van der Waals surface area contributed by atoms with E-state index in [1.54, 1.807) is 0 Å². The lowest BCUT2D eigenvalue weighted by Crippen LogP contribution is -2.40. The maximum atomic E-state index is 5.39. The van der Waals surface area contributed by atoms with Crippen LogP contribution in [0.15, 0.2) is 0 Å². The first-order valence-electron chi connectivity index (χ1n) is 3.52. The largest absolute Gasteiger partial charge is 0.363 e. The van der Waals surface area contributed by atoms with Crippen molar-refractivity contribution < 1.29 is 4.74 Å². The highest BCUT2D eigenvalue weighted by Gasteiger charge is 2.19. The zero-order valence-electron chi connectivity index (χ0n) is 6.42. The third-order valence-corrected chi connectivity index (χ3v) is 1.99. The van der Waals surface area contributed by atoms with Gasteiger partial charge < -0.3 is 4.74 Å². The normalized spacial score (nSPS) is 39.0. The molecule has 0 aliphatic carbocycles. The molecular formula is C7H15NO. The van der Waals surface area contributed by atoms with E-state index < -0.39 is 0 Å². The molecule has 54 valence electrons. The molecule has 1 rings (SSSR count). The summed E-state index contributed by atoms with van der Waals surface area (Å²) < 4.78 is 5.39. The van der Waals surface area contributed by atoms with Gasteiger partial charge in [-0.15, -0.1) is 0 Å². The van der Waals surface area contributed by atoms with Crippen molar-refractivity contribution in [3.63, 3.8) is 0 Å². The van der Waals surface area contributed by atoms with E-state index in [1.165, 1.54) is 0 Å². The molecule has 0 unspecified atom stereocenters. The highest BCUT2D eigenvalue weighted by Crippen LogP contribution is 2.13. The Kier molecular flexibility index (Phi) is 2.09. The molecule has 0 N–H and O–H groups in total. The van der Waals surface area contributed by atoms with E-state index in [0.717, 1.165) is 13.2 Å². The van der Waals surface area contributed by atoms with Gasteiger partial charge in [0.15, 0.2) is 0 Å². The molecule has 2 heteroatoms. The van der Waals surface area contributed by atoms with Crippen LogP contribution in [0.3, 0.4) is 0 Å². The van der Waals surface area contributed by atoms with Crippen LogP contribution in [-0.4, -0.2) is 30.8 Å². The van der Waals surface area contributed by atoms with Gasteiger partial charge in [0.1, 0.15) is 0 Å². The Balaban J connectivity index is 2.35. The summed E-state index contributed by atoms with van der Waals surface area (Å²) in [6.45, 7) is 5.16. The van der Waals surface area contributed by atoms with E-state index in [1.807, 2.05) is 0 Å². The third kappa shape index (κ3) is 1.66. The van der Waals surface area contributed by atoms with Crippen LogP contribution in [0.5, 0.6) is 0 Å². The van der Waals surface area contributed by atoms with E-state index in [-0.39, 0.29) is 0 Å². The van der Waals surface area contributed by atoms with Gasteiger partial charge in [0, 0.05) is 6.04 Å². The monoisotopic (exact) mass is 129 g/mol. The summed E-state index contributed by atoms with van der Waals surface area (Å²) in [5.74, 6) is 0. The summed E-state index contributed by atoms with van der Waals surface area (Å²) >= 11 is 0. The Morgan fingerprint density at radius 2 is 2.11 bits per heavy atom. The molecule has 0 amide bonds. The summed E-state index contributed by atoms with van der Waals surface area (Å²) in [4.78, 5) is 2.22. The van der Waals surface area contributed by atoms with Crippen molar-refractivity contribution in [2.24, 2.45) is 0 Å². The summed E-state index contributed by atoms with van der Waals surface area (Å²) in [6.07, 6.45) is 1.62. The summed E-state index contributed by atoms with van der Waals surface area (Å²) in [6, 6.07) is 0.689. The summed E-state index contributed by atoms with van der Waals surface area (Å²) in [5, 5.41) is 0. The smallest absolute Gasteiger partial charge is 0.0993 e. The van der Waals surface area contributed by atoms with Crippen LogP contribution < -0.4 is 0 Å². The van der Waals surface area contributed by atoms with E-state index >= 15 is 0 Å². The van der Waals surface area contributed by atoms with Crippen molar-refractivity contribution in [2.45, 2.75) is 32.4 Å². The van der Waals surface area contributed by atoms with Gasteiger partial charge in [-0.3, -0.25) is 4.90 Å². The maximum Gasteiger partial charge on any atom is 0.0993 e. The number of ether oxygens (including phenoxy) is 1. The van der Waals surface area contributed by atoms with Crippen LogP contribution in [0.2, 0.25) is 0 Å². The molecule has 0 bridgehead atoms. The number of hydrogen-bond donors (Lipinski definition) is 0.